The molecule has 0 amide bonds. The molecule has 0 aromatic heterocycles. The van der Waals surface area contributed by atoms with Gasteiger partial charge in [-0.2, -0.15) is 0 Å². The molecular formula is C21H18O3. The van der Waals surface area contributed by atoms with Crippen LogP contribution in [0.3, 0.4) is 0 Å². The molecule has 0 aliphatic rings. The molecule has 3 rings (SSSR count). The maximum atomic E-state index is 12.4. The molecule has 0 saturated heterocycles. The molecule has 3 aromatic carbocycles. The number of aryl methyl sites for hydroxylation is 2. The van der Waals surface area contributed by atoms with Crippen LogP contribution in [0, 0.1) is 13.8 Å². The van der Waals surface area contributed by atoms with E-state index in [1.165, 1.54) is 0 Å². The van der Waals surface area contributed by atoms with Gasteiger partial charge in [-0.15, -0.1) is 0 Å². The average molecular weight is 318 g/mol. The molecule has 0 atom stereocenters. The number of esters is 1. The standard InChI is InChI=1S/C21H18O3/c1-15-11-16(2)13-20(12-15)24-21(22)17-7-6-10-19(14-17)23-18-8-4-3-5-9-18/h3-14H,1-2H3. The van der Waals surface area contributed by atoms with E-state index >= 15 is 0 Å². The zero-order valence-electron chi connectivity index (χ0n) is 13.7. The Morgan fingerprint density at radius 2 is 1.38 bits per heavy atom. The predicted molar refractivity (Wildman–Crippen MR) is 93.8 cm³/mol. The molecule has 0 fully saturated rings. The van der Waals surface area contributed by atoms with Crippen LogP contribution in [0.2, 0.25) is 0 Å². The van der Waals surface area contributed by atoms with Gasteiger partial charge in [0.15, 0.2) is 0 Å². The molecule has 0 aliphatic carbocycles. The minimum absolute atomic E-state index is 0.404. The summed E-state index contributed by atoms with van der Waals surface area (Å²) in [5.41, 5.74) is 2.56. The highest BCUT2D eigenvalue weighted by Gasteiger charge is 2.10. The van der Waals surface area contributed by atoms with Gasteiger partial charge < -0.3 is 9.47 Å². The molecule has 0 heterocycles. The van der Waals surface area contributed by atoms with Crippen molar-refractivity contribution in [2.24, 2.45) is 0 Å². The Labute approximate surface area is 141 Å². The first-order valence-electron chi connectivity index (χ1n) is 7.73. The third kappa shape index (κ3) is 4.02. The molecule has 3 heteroatoms. The van der Waals surface area contributed by atoms with Gasteiger partial charge in [0.1, 0.15) is 17.2 Å². The van der Waals surface area contributed by atoms with E-state index in [0.29, 0.717) is 17.1 Å². The fourth-order valence-electron chi connectivity index (χ4n) is 2.47. The molecule has 120 valence electrons. The zero-order valence-corrected chi connectivity index (χ0v) is 13.7. The highest BCUT2D eigenvalue weighted by Crippen LogP contribution is 2.23. The molecule has 0 spiro atoms. The lowest BCUT2D eigenvalue weighted by Gasteiger charge is -2.09. The van der Waals surface area contributed by atoms with Crippen molar-refractivity contribution in [3.05, 3.63) is 89.5 Å². The Morgan fingerprint density at radius 1 is 0.708 bits per heavy atom. The summed E-state index contributed by atoms with van der Waals surface area (Å²) in [6, 6.07) is 22.1. The van der Waals surface area contributed by atoms with Gasteiger partial charge in [0.05, 0.1) is 5.56 Å². The maximum absolute atomic E-state index is 12.4. The van der Waals surface area contributed by atoms with Crippen molar-refractivity contribution < 1.29 is 14.3 Å². The number of benzene rings is 3. The summed E-state index contributed by atoms with van der Waals surface area (Å²) in [7, 11) is 0. The minimum Gasteiger partial charge on any atom is -0.457 e. The Bertz CT molecular complexity index is 834. The normalized spacial score (nSPS) is 10.2. The second-order valence-electron chi connectivity index (χ2n) is 5.66. The summed E-state index contributed by atoms with van der Waals surface area (Å²) in [4.78, 5) is 12.4. The van der Waals surface area contributed by atoms with Gasteiger partial charge in [-0.05, 0) is 67.4 Å². The van der Waals surface area contributed by atoms with Gasteiger partial charge in [-0.25, -0.2) is 4.79 Å². The Balaban J connectivity index is 1.76. The molecule has 3 aromatic rings. The van der Waals surface area contributed by atoms with Gasteiger partial charge in [-0.1, -0.05) is 30.3 Å². The summed E-state index contributed by atoms with van der Waals surface area (Å²) in [6.07, 6.45) is 0. The summed E-state index contributed by atoms with van der Waals surface area (Å²) in [5.74, 6) is 1.46. The van der Waals surface area contributed by atoms with Crippen LogP contribution in [0.15, 0.2) is 72.8 Å². The fourth-order valence-corrected chi connectivity index (χ4v) is 2.47. The largest absolute Gasteiger partial charge is 0.457 e. The number of carbonyl (C=O) groups is 1. The molecule has 0 saturated carbocycles. The van der Waals surface area contributed by atoms with Crippen LogP contribution in [-0.2, 0) is 0 Å². The number of hydrogen-bond acceptors (Lipinski definition) is 3. The predicted octanol–water partition coefficient (Wildman–Crippen LogP) is 5.31. The molecular weight excluding hydrogens is 300 g/mol. The molecule has 0 unspecified atom stereocenters. The van der Waals surface area contributed by atoms with Crippen LogP contribution in [0.5, 0.6) is 17.2 Å². The van der Waals surface area contributed by atoms with Crippen molar-refractivity contribution in [3.63, 3.8) is 0 Å². The quantitative estimate of drug-likeness (QED) is 0.483. The van der Waals surface area contributed by atoms with Crippen molar-refractivity contribution in [1.82, 2.24) is 0 Å². The topological polar surface area (TPSA) is 35.5 Å². The van der Waals surface area contributed by atoms with Crippen molar-refractivity contribution in [2.45, 2.75) is 13.8 Å². The van der Waals surface area contributed by atoms with Crippen molar-refractivity contribution in [2.75, 3.05) is 0 Å². The van der Waals surface area contributed by atoms with Gasteiger partial charge in [-0.3, -0.25) is 0 Å². The summed E-state index contributed by atoms with van der Waals surface area (Å²) < 4.78 is 11.2. The van der Waals surface area contributed by atoms with Crippen LogP contribution < -0.4 is 9.47 Å². The van der Waals surface area contributed by atoms with Gasteiger partial charge >= 0.3 is 5.97 Å². The lowest BCUT2D eigenvalue weighted by Crippen LogP contribution is -2.08. The van der Waals surface area contributed by atoms with E-state index in [4.69, 9.17) is 9.47 Å². The number of hydrogen-bond donors (Lipinski definition) is 0. The number of carbonyl (C=O) groups excluding carboxylic acids is 1. The summed E-state index contributed by atoms with van der Waals surface area (Å²) in [5, 5.41) is 0. The molecule has 0 radical (unpaired) electrons. The number of rotatable bonds is 4. The summed E-state index contributed by atoms with van der Waals surface area (Å²) in [6.45, 7) is 3.94. The highest BCUT2D eigenvalue weighted by molar-refractivity contribution is 5.91. The van der Waals surface area contributed by atoms with Crippen LogP contribution in [0.1, 0.15) is 21.5 Å². The second-order valence-corrected chi connectivity index (χ2v) is 5.66. The van der Waals surface area contributed by atoms with Crippen molar-refractivity contribution in [3.8, 4) is 17.2 Å². The van der Waals surface area contributed by atoms with Crippen molar-refractivity contribution in [1.29, 1.82) is 0 Å². The van der Waals surface area contributed by atoms with E-state index < -0.39 is 5.97 Å². The first kappa shape index (κ1) is 15.8. The smallest absolute Gasteiger partial charge is 0.343 e. The third-order valence-corrected chi connectivity index (χ3v) is 3.45. The third-order valence-electron chi connectivity index (χ3n) is 3.45. The van der Waals surface area contributed by atoms with E-state index in [1.807, 2.05) is 62.4 Å². The Hall–Kier alpha value is -3.07. The number of para-hydroxylation sites is 1. The van der Waals surface area contributed by atoms with E-state index in [0.717, 1.165) is 16.9 Å². The lowest BCUT2D eigenvalue weighted by atomic mass is 10.1. The van der Waals surface area contributed by atoms with Crippen LogP contribution in [0.4, 0.5) is 0 Å². The Kier molecular flexibility index (Phi) is 4.62. The highest BCUT2D eigenvalue weighted by atomic mass is 16.5. The van der Waals surface area contributed by atoms with Crippen LogP contribution in [-0.4, -0.2) is 5.97 Å². The maximum Gasteiger partial charge on any atom is 0.343 e. The average Bonchev–Trinajstić information content (AvgIpc) is 2.55. The van der Waals surface area contributed by atoms with Crippen molar-refractivity contribution >= 4 is 5.97 Å². The fraction of sp³-hybridized carbons (Fsp3) is 0.0952. The Morgan fingerprint density at radius 3 is 2.08 bits per heavy atom. The first-order valence-corrected chi connectivity index (χ1v) is 7.73. The molecule has 0 N–H and O–H groups in total. The summed E-state index contributed by atoms with van der Waals surface area (Å²) >= 11 is 0. The van der Waals surface area contributed by atoms with Gasteiger partial charge in [0.2, 0.25) is 0 Å². The van der Waals surface area contributed by atoms with E-state index in [2.05, 4.69) is 0 Å². The second kappa shape index (κ2) is 7.01. The van der Waals surface area contributed by atoms with E-state index in [1.54, 1.807) is 24.3 Å². The van der Waals surface area contributed by atoms with Crippen LogP contribution in [0.25, 0.3) is 0 Å². The molecule has 3 nitrogen and oxygen atoms in total. The monoisotopic (exact) mass is 318 g/mol. The lowest BCUT2D eigenvalue weighted by molar-refractivity contribution is 0.0734. The SMILES string of the molecule is Cc1cc(C)cc(OC(=O)c2cccc(Oc3ccccc3)c2)c1. The zero-order chi connectivity index (χ0) is 16.9. The molecule has 0 bridgehead atoms. The first-order chi connectivity index (χ1) is 11.6. The van der Waals surface area contributed by atoms with E-state index in [-0.39, 0.29) is 0 Å². The minimum atomic E-state index is -0.404. The van der Waals surface area contributed by atoms with Crippen LogP contribution >= 0.6 is 0 Å². The molecule has 24 heavy (non-hydrogen) atoms. The molecule has 0 aliphatic heterocycles. The number of ether oxygens (including phenoxy) is 2. The van der Waals surface area contributed by atoms with E-state index in [9.17, 15) is 4.79 Å². The van der Waals surface area contributed by atoms with Gasteiger partial charge in [0.25, 0.3) is 0 Å². The van der Waals surface area contributed by atoms with Gasteiger partial charge in [0, 0.05) is 0 Å².